The van der Waals surface area contributed by atoms with Crippen molar-refractivity contribution in [1.29, 1.82) is 0 Å². The molecule has 4 fully saturated rings. The quantitative estimate of drug-likeness (QED) is 0.303. The summed E-state index contributed by atoms with van der Waals surface area (Å²) in [5, 5.41) is 22.5. The highest BCUT2D eigenvalue weighted by Gasteiger charge is 2.64. The molecule has 0 aromatic heterocycles. The molecular weight excluding hydrogens is 540 g/mol. The van der Waals surface area contributed by atoms with Crippen molar-refractivity contribution in [2.45, 2.75) is 104 Å². The summed E-state index contributed by atoms with van der Waals surface area (Å²) in [5.41, 5.74) is 0.342. The third kappa shape index (κ3) is 6.69. The van der Waals surface area contributed by atoms with Gasteiger partial charge in [-0.3, -0.25) is 9.35 Å². The first kappa shape index (κ1) is 33.2. The molecule has 0 radical (unpaired) electrons. The molecule has 0 bridgehead atoms. The van der Waals surface area contributed by atoms with Gasteiger partial charge in [-0.1, -0.05) is 34.1 Å². The number of fused-ring (bicyclic) bond motifs is 5. The van der Waals surface area contributed by atoms with E-state index in [1.54, 1.807) is 4.90 Å². The molecule has 4 saturated carbocycles. The maximum absolute atomic E-state index is 13.2. The zero-order valence-corrected chi connectivity index (χ0v) is 27.3. The number of rotatable bonds is 11. The Morgan fingerprint density at radius 2 is 1.61 bits per heavy atom. The second-order valence-electron chi connectivity index (χ2n) is 15.1. The average molecular weight is 599 g/mol. The first-order valence-electron chi connectivity index (χ1n) is 16.4. The lowest BCUT2D eigenvalue weighted by molar-refractivity contribution is -0.203. The Hall–Kier alpha value is -0.740. The highest BCUT2D eigenvalue weighted by atomic mass is 32.2. The van der Waals surface area contributed by atoms with Gasteiger partial charge in [-0.15, -0.1) is 0 Å². The molecule has 0 aromatic rings. The summed E-state index contributed by atoms with van der Waals surface area (Å²) in [6.45, 7) is 10.5. The number of aliphatic hydroxyl groups excluding tert-OH is 2. The normalized spacial score (nSPS) is 41.4. The van der Waals surface area contributed by atoms with Crippen LogP contribution in [0.3, 0.4) is 0 Å². The lowest BCUT2D eigenvalue weighted by Gasteiger charge is -2.64. The van der Waals surface area contributed by atoms with Crippen molar-refractivity contribution in [3.63, 3.8) is 0 Å². The number of aliphatic hydroxyl groups is 2. The monoisotopic (exact) mass is 598 g/mol. The lowest BCUT2D eigenvalue weighted by atomic mass is 9.41. The van der Waals surface area contributed by atoms with Gasteiger partial charge in [0.15, 0.2) is 0 Å². The number of likely N-dealkylation sites (N-methyl/N-ethyl adjacent to an activating group) is 1. The topological polar surface area (TPSA) is 118 Å². The zero-order chi connectivity index (χ0) is 30.3. The second-order valence-corrected chi connectivity index (χ2v) is 16.7. The third-order valence-electron chi connectivity index (χ3n) is 12.8. The largest absolute Gasteiger partial charge is 0.393 e. The van der Waals surface area contributed by atoms with Gasteiger partial charge in [-0.2, -0.15) is 8.42 Å². The van der Waals surface area contributed by atoms with Gasteiger partial charge in [0, 0.05) is 26.1 Å². The van der Waals surface area contributed by atoms with Crippen LogP contribution in [0.1, 0.15) is 91.9 Å². The minimum absolute atomic E-state index is 0.0133. The van der Waals surface area contributed by atoms with E-state index in [0.29, 0.717) is 55.0 Å². The molecule has 41 heavy (non-hydrogen) atoms. The first-order valence-corrected chi connectivity index (χ1v) is 18.0. The van der Waals surface area contributed by atoms with Crippen molar-refractivity contribution >= 4 is 16.0 Å². The maximum atomic E-state index is 13.2. The fraction of sp³-hybridized carbons (Fsp3) is 0.969. The van der Waals surface area contributed by atoms with E-state index in [-0.39, 0.29) is 41.4 Å². The van der Waals surface area contributed by atoms with Gasteiger partial charge in [0.25, 0.3) is 10.1 Å². The van der Waals surface area contributed by atoms with Crippen LogP contribution in [0.25, 0.3) is 0 Å². The molecule has 3 N–H and O–H groups in total. The Bertz CT molecular complexity index is 1020. The highest BCUT2D eigenvalue weighted by molar-refractivity contribution is 7.85. The van der Waals surface area contributed by atoms with Gasteiger partial charge in [0.1, 0.15) is 0 Å². The average Bonchev–Trinajstić information content (AvgIpc) is 3.24. The fourth-order valence-corrected chi connectivity index (χ4v) is 11.0. The molecular formula is C32H58N2O6S. The van der Waals surface area contributed by atoms with Crippen molar-refractivity contribution in [3.05, 3.63) is 0 Å². The summed E-state index contributed by atoms with van der Waals surface area (Å²) < 4.78 is 32.0. The van der Waals surface area contributed by atoms with E-state index in [4.69, 9.17) is 0 Å². The summed E-state index contributed by atoms with van der Waals surface area (Å²) >= 11 is 0. The number of hydrogen-bond acceptors (Lipinski definition) is 6. The van der Waals surface area contributed by atoms with Gasteiger partial charge in [-0.25, -0.2) is 0 Å². The highest BCUT2D eigenvalue weighted by Crippen LogP contribution is 2.69. The molecule has 0 saturated heterocycles. The Kier molecular flexibility index (Phi) is 10.3. The molecule has 4 aliphatic carbocycles. The van der Waals surface area contributed by atoms with Crippen molar-refractivity contribution in [1.82, 2.24) is 9.80 Å². The Morgan fingerprint density at radius 3 is 2.24 bits per heavy atom. The second kappa shape index (κ2) is 12.7. The van der Waals surface area contributed by atoms with Crippen LogP contribution in [0, 0.1) is 52.3 Å². The summed E-state index contributed by atoms with van der Waals surface area (Å²) in [7, 11) is -0.292. The van der Waals surface area contributed by atoms with Gasteiger partial charge in [0.2, 0.25) is 5.91 Å². The predicted octanol–water partition coefficient (Wildman–Crippen LogP) is 4.31. The first-order chi connectivity index (χ1) is 19.1. The number of hydrogen-bond donors (Lipinski definition) is 3. The lowest BCUT2D eigenvalue weighted by Crippen LogP contribution is -2.62. The SMILES string of the molecule is CCC1C(O)C2C3CCC(C(C)CCC(=O)N(CCN(C)C)CCS(=O)(=O)O)C3(C)CCC2C2(C)CCC(O)CC12. The van der Waals surface area contributed by atoms with Crippen LogP contribution in [-0.4, -0.2) is 90.6 Å². The van der Waals surface area contributed by atoms with Crippen molar-refractivity contribution in [3.8, 4) is 0 Å². The Labute approximate surface area is 249 Å². The standard InChI is InChI=1S/C32H58N2O6S/c1-7-23-27-20-22(35)12-14-32(27,4)26-13-15-31(3)24(9-10-25(31)29(26)30(23)37)21(2)8-11-28(36)34(17-16-33(5)6)18-19-41(38,39)40/h21-27,29-30,35,37H,7-20H2,1-6H3,(H,38,39,40). The smallest absolute Gasteiger partial charge is 0.266 e. The fourth-order valence-electron chi connectivity index (χ4n) is 10.6. The van der Waals surface area contributed by atoms with E-state index in [0.717, 1.165) is 51.4 Å². The minimum Gasteiger partial charge on any atom is -0.393 e. The van der Waals surface area contributed by atoms with Crippen LogP contribution in [-0.2, 0) is 14.9 Å². The molecule has 1 amide bonds. The van der Waals surface area contributed by atoms with Crippen LogP contribution in [0.15, 0.2) is 0 Å². The number of carbonyl (C=O) groups is 1. The van der Waals surface area contributed by atoms with Gasteiger partial charge >= 0.3 is 0 Å². The number of nitrogens with zero attached hydrogens (tertiary/aromatic N) is 2. The molecule has 11 unspecified atom stereocenters. The molecule has 0 aliphatic heterocycles. The molecule has 8 nitrogen and oxygen atoms in total. The molecule has 0 spiro atoms. The molecule has 4 aliphatic rings. The van der Waals surface area contributed by atoms with E-state index in [9.17, 15) is 28.0 Å². The van der Waals surface area contributed by atoms with Crippen molar-refractivity contribution < 1.29 is 28.0 Å². The molecule has 9 heteroatoms. The van der Waals surface area contributed by atoms with E-state index < -0.39 is 15.9 Å². The zero-order valence-electron chi connectivity index (χ0n) is 26.5. The summed E-state index contributed by atoms with van der Waals surface area (Å²) in [6.07, 6.45) is 8.94. The van der Waals surface area contributed by atoms with Crippen LogP contribution in [0.4, 0.5) is 0 Å². The van der Waals surface area contributed by atoms with Crippen LogP contribution in [0.5, 0.6) is 0 Å². The summed E-state index contributed by atoms with van der Waals surface area (Å²) in [6, 6.07) is 0. The van der Waals surface area contributed by atoms with E-state index in [1.165, 1.54) is 6.42 Å². The number of amides is 1. The van der Waals surface area contributed by atoms with Crippen molar-refractivity contribution in [2.24, 2.45) is 52.3 Å². The number of carbonyl (C=O) groups excluding carboxylic acids is 1. The van der Waals surface area contributed by atoms with Gasteiger partial charge in [-0.05, 0) is 118 Å². The van der Waals surface area contributed by atoms with E-state index in [1.807, 2.05) is 19.0 Å². The van der Waals surface area contributed by atoms with E-state index >= 15 is 0 Å². The summed E-state index contributed by atoms with van der Waals surface area (Å²) in [4.78, 5) is 16.8. The van der Waals surface area contributed by atoms with E-state index in [2.05, 4.69) is 27.7 Å². The molecule has 0 heterocycles. The molecule has 11 atom stereocenters. The molecule has 4 rings (SSSR count). The Morgan fingerprint density at radius 1 is 0.951 bits per heavy atom. The van der Waals surface area contributed by atoms with Crippen molar-refractivity contribution in [2.75, 3.05) is 39.5 Å². The minimum atomic E-state index is -4.13. The van der Waals surface area contributed by atoms with Gasteiger partial charge in [0.05, 0.1) is 18.0 Å². The van der Waals surface area contributed by atoms with Crippen LogP contribution >= 0.6 is 0 Å². The molecule has 0 aromatic carbocycles. The third-order valence-corrected chi connectivity index (χ3v) is 13.5. The van der Waals surface area contributed by atoms with Gasteiger partial charge < -0.3 is 20.0 Å². The predicted molar refractivity (Wildman–Crippen MR) is 162 cm³/mol. The van der Waals surface area contributed by atoms with Crippen LogP contribution in [0.2, 0.25) is 0 Å². The maximum Gasteiger partial charge on any atom is 0.266 e. The van der Waals surface area contributed by atoms with Crippen LogP contribution < -0.4 is 0 Å². The summed E-state index contributed by atoms with van der Waals surface area (Å²) in [5.74, 6) is 2.35. The Balaban J connectivity index is 1.45. The molecule has 238 valence electrons.